The number of carbonyl (C=O) groups is 1. The Bertz CT molecular complexity index is 1010. The van der Waals surface area contributed by atoms with E-state index >= 15 is 0 Å². The lowest BCUT2D eigenvalue weighted by Gasteiger charge is -2.30. The summed E-state index contributed by atoms with van der Waals surface area (Å²) in [6, 6.07) is 15.1. The minimum Gasteiger partial charge on any atom is -0.496 e. The van der Waals surface area contributed by atoms with Gasteiger partial charge < -0.3 is 14.6 Å². The minimum absolute atomic E-state index is 0.0123. The molecular formula is C23H25ClN4O3. The lowest BCUT2D eigenvalue weighted by molar-refractivity contribution is -0.126. The van der Waals surface area contributed by atoms with Gasteiger partial charge in [-0.3, -0.25) is 9.69 Å². The van der Waals surface area contributed by atoms with Crippen LogP contribution in [-0.2, 0) is 17.9 Å². The van der Waals surface area contributed by atoms with Gasteiger partial charge in [-0.05, 0) is 56.3 Å². The zero-order valence-electron chi connectivity index (χ0n) is 17.4. The average Bonchev–Trinajstić information content (AvgIpc) is 3.27. The lowest BCUT2D eigenvalue weighted by atomic mass is 9.96. The van der Waals surface area contributed by atoms with Crippen molar-refractivity contribution in [2.45, 2.75) is 25.9 Å². The number of aromatic nitrogens is 2. The molecule has 0 saturated carbocycles. The Labute approximate surface area is 186 Å². The predicted molar refractivity (Wildman–Crippen MR) is 118 cm³/mol. The van der Waals surface area contributed by atoms with Crippen molar-refractivity contribution in [2.75, 3.05) is 20.2 Å². The molecule has 1 N–H and O–H groups in total. The Balaban J connectivity index is 1.25. The number of piperidine rings is 1. The third-order valence-electron chi connectivity index (χ3n) is 5.53. The summed E-state index contributed by atoms with van der Waals surface area (Å²) >= 11 is 5.93. The van der Waals surface area contributed by atoms with Gasteiger partial charge in [0.25, 0.3) is 0 Å². The Morgan fingerprint density at radius 1 is 1.19 bits per heavy atom. The zero-order chi connectivity index (χ0) is 21.6. The van der Waals surface area contributed by atoms with Crippen LogP contribution in [0.1, 0.15) is 24.3 Å². The summed E-state index contributed by atoms with van der Waals surface area (Å²) in [5.74, 6) is 2.02. The highest BCUT2D eigenvalue weighted by molar-refractivity contribution is 6.30. The van der Waals surface area contributed by atoms with Crippen LogP contribution >= 0.6 is 11.6 Å². The normalized spacial score (nSPS) is 15.0. The topological polar surface area (TPSA) is 80.5 Å². The number of rotatable bonds is 7. The van der Waals surface area contributed by atoms with Crippen molar-refractivity contribution < 1.29 is 14.1 Å². The first kappa shape index (κ1) is 21.3. The van der Waals surface area contributed by atoms with Crippen molar-refractivity contribution in [3.05, 3.63) is 65.0 Å². The fraction of sp³-hybridized carbons (Fsp3) is 0.348. The molecule has 31 heavy (non-hydrogen) atoms. The molecule has 8 heteroatoms. The molecule has 1 aromatic heterocycles. The number of likely N-dealkylation sites (tertiary alicyclic amines) is 1. The smallest absolute Gasteiger partial charge is 0.241 e. The average molecular weight is 441 g/mol. The third kappa shape index (κ3) is 5.42. The second-order valence-corrected chi connectivity index (χ2v) is 8.04. The van der Waals surface area contributed by atoms with E-state index in [1.54, 1.807) is 19.2 Å². The van der Waals surface area contributed by atoms with Gasteiger partial charge >= 0.3 is 0 Å². The maximum Gasteiger partial charge on any atom is 0.241 e. The first-order valence-corrected chi connectivity index (χ1v) is 10.7. The van der Waals surface area contributed by atoms with Crippen LogP contribution in [-0.4, -0.2) is 41.1 Å². The molecule has 1 fully saturated rings. The molecule has 0 aliphatic carbocycles. The van der Waals surface area contributed by atoms with Crippen LogP contribution in [0.5, 0.6) is 5.75 Å². The second kappa shape index (κ2) is 9.94. The molecule has 1 aliphatic heterocycles. The standard InChI is InChI=1S/C23H25ClN4O3/c1-30-20-5-3-2-4-18(20)14-25-23(29)17-10-12-28(13-11-17)15-21-26-22(27-31-21)16-6-8-19(24)9-7-16/h2-9,17H,10-15H2,1H3,(H,25,29). The van der Waals surface area contributed by atoms with Crippen molar-refractivity contribution in [2.24, 2.45) is 5.92 Å². The molecule has 7 nitrogen and oxygen atoms in total. The molecule has 162 valence electrons. The van der Waals surface area contributed by atoms with Gasteiger partial charge in [-0.1, -0.05) is 35.0 Å². The maximum absolute atomic E-state index is 12.6. The van der Waals surface area contributed by atoms with E-state index in [0.29, 0.717) is 29.8 Å². The fourth-order valence-electron chi connectivity index (χ4n) is 3.76. The first-order chi connectivity index (χ1) is 15.1. The van der Waals surface area contributed by atoms with E-state index < -0.39 is 0 Å². The van der Waals surface area contributed by atoms with Crippen LogP contribution < -0.4 is 10.1 Å². The summed E-state index contributed by atoms with van der Waals surface area (Å²) in [5.41, 5.74) is 1.84. The van der Waals surface area contributed by atoms with Crippen LogP contribution in [0.3, 0.4) is 0 Å². The number of hydrogen-bond acceptors (Lipinski definition) is 6. The summed E-state index contributed by atoms with van der Waals surface area (Å²) in [4.78, 5) is 19.3. The monoisotopic (exact) mass is 440 g/mol. The third-order valence-corrected chi connectivity index (χ3v) is 5.79. The Kier molecular flexibility index (Phi) is 6.84. The summed E-state index contributed by atoms with van der Waals surface area (Å²) in [6.07, 6.45) is 1.60. The number of nitrogens with one attached hydrogen (secondary N) is 1. The van der Waals surface area contributed by atoms with Gasteiger partial charge in [-0.2, -0.15) is 4.98 Å². The molecule has 0 radical (unpaired) electrons. The largest absolute Gasteiger partial charge is 0.496 e. The zero-order valence-corrected chi connectivity index (χ0v) is 18.1. The second-order valence-electron chi connectivity index (χ2n) is 7.60. The molecule has 0 unspecified atom stereocenters. The Morgan fingerprint density at radius 2 is 1.94 bits per heavy atom. The fourth-order valence-corrected chi connectivity index (χ4v) is 3.88. The number of amides is 1. The van der Waals surface area contributed by atoms with Crippen molar-refractivity contribution >= 4 is 17.5 Å². The van der Waals surface area contributed by atoms with Crippen molar-refractivity contribution in [3.8, 4) is 17.1 Å². The van der Waals surface area contributed by atoms with Gasteiger partial charge in [0.2, 0.25) is 17.6 Å². The van der Waals surface area contributed by atoms with E-state index in [1.165, 1.54) is 0 Å². The lowest BCUT2D eigenvalue weighted by Crippen LogP contribution is -2.40. The number of ether oxygens (including phenoxy) is 1. The highest BCUT2D eigenvalue weighted by Crippen LogP contribution is 2.22. The number of carbonyl (C=O) groups excluding carboxylic acids is 1. The Morgan fingerprint density at radius 3 is 2.68 bits per heavy atom. The first-order valence-electron chi connectivity index (χ1n) is 10.3. The van der Waals surface area contributed by atoms with Gasteiger partial charge in [0.15, 0.2) is 0 Å². The molecule has 1 amide bonds. The van der Waals surface area contributed by atoms with E-state index in [0.717, 1.165) is 42.8 Å². The molecule has 4 rings (SSSR count). The molecule has 2 heterocycles. The SMILES string of the molecule is COc1ccccc1CNC(=O)C1CCN(Cc2nc(-c3ccc(Cl)cc3)no2)CC1. The van der Waals surface area contributed by atoms with Crippen LogP contribution in [0, 0.1) is 5.92 Å². The van der Waals surface area contributed by atoms with Crippen molar-refractivity contribution in [1.29, 1.82) is 0 Å². The minimum atomic E-state index is 0.0123. The number of methoxy groups -OCH3 is 1. The van der Waals surface area contributed by atoms with E-state index in [4.69, 9.17) is 20.9 Å². The molecule has 0 atom stereocenters. The molecule has 0 bridgehead atoms. The molecule has 1 saturated heterocycles. The number of halogens is 1. The van der Waals surface area contributed by atoms with Crippen molar-refractivity contribution in [1.82, 2.24) is 20.4 Å². The summed E-state index contributed by atoms with van der Waals surface area (Å²) in [5, 5.41) is 7.78. The molecule has 3 aromatic rings. The van der Waals surface area contributed by atoms with Crippen LogP contribution in [0.25, 0.3) is 11.4 Å². The summed E-state index contributed by atoms with van der Waals surface area (Å²) < 4.78 is 10.8. The highest BCUT2D eigenvalue weighted by Gasteiger charge is 2.26. The highest BCUT2D eigenvalue weighted by atomic mass is 35.5. The number of benzene rings is 2. The number of para-hydroxylation sites is 1. The van der Waals surface area contributed by atoms with Gasteiger partial charge in [0.05, 0.1) is 13.7 Å². The number of hydrogen-bond donors (Lipinski definition) is 1. The van der Waals surface area contributed by atoms with Crippen LogP contribution in [0.4, 0.5) is 0 Å². The summed E-state index contributed by atoms with van der Waals surface area (Å²) in [7, 11) is 1.64. The molecular weight excluding hydrogens is 416 g/mol. The quantitative estimate of drug-likeness (QED) is 0.599. The van der Waals surface area contributed by atoms with E-state index in [2.05, 4.69) is 20.4 Å². The maximum atomic E-state index is 12.6. The predicted octanol–water partition coefficient (Wildman–Crippen LogP) is 3.93. The van der Waals surface area contributed by atoms with Gasteiger partial charge in [0.1, 0.15) is 5.75 Å². The van der Waals surface area contributed by atoms with Gasteiger partial charge in [-0.15, -0.1) is 0 Å². The van der Waals surface area contributed by atoms with E-state index in [-0.39, 0.29) is 11.8 Å². The van der Waals surface area contributed by atoms with Crippen molar-refractivity contribution in [3.63, 3.8) is 0 Å². The van der Waals surface area contributed by atoms with E-state index in [1.807, 2.05) is 36.4 Å². The molecule has 0 spiro atoms. The van der Waals surface area contributed by atoms with Gasteiger partial charge in [0, 0.05) is 28.6 Å². The van der Waals surface area contributed by atoms with Crippen LogP contribution in [0.2, 0.25) is 5.02 Å². The summed E-state index contributed by atoms with van der Waals surface area (Å²) in [6.45, 7) is 2.67. The molecule has 1 aliphatic rings. The molecule has 2 aromatic carbocycles. The Hall–Kier alpha value is -2.90. The number of nitrogens with zero attached hydrogens (tertiary/aromatic N) is 3. The van der Waals surface area contributed by atoms with Gasteiger partial charge in [-0.25, -0.2) is 0 Å². The van der Waals surface area contributed by atoms with Crippen LogP contribution in [0.15, 0.2) is 53.1 Å². The van der Waals surface area contributed by atoms with E-state index in [9.17, 15) is 4.79 Å².